The molecule has 74 valence electrons. The lowest BCUT2D eigenvalue weighted by atomic mass is 9.80. The van der Waals surface area contributed by atoms with Crippen LogP contribution in [0.15, 0.2) is 0 Å². The standard InChI is InChI=1S/C10H16O3/c1-6-7(5-8(11)13-6)9(12)10(2,3)4/h6-7H,5H2,1-4H3/t6-,7-/m1/s1. The zero-order valence-corrected chi connectivity index (χ0v) is 8.59. The van der Waals surface area contributed by atoms with E-state index in [-0.39, 0.29) is 35.6 Å². The minimum Gasteiger partial charge on any atom is -0.462 e. The summed E-state index contributed by atoms with van der Waals surface area (Å²) in [6, 6.07) is 0. The molecular weight excluding hydrogens is 168 g/mol. The van der Waals surface area contributed by atoms with E-state index in [4.69, 9.17) is 4.74 Å². The molecule has 1 saturated heterocycles. The highest BCUT2D eigenvalue weighted by Gasteiger charge is 2.40. The smallest absolute Gasteiger partial charge is 0.306 e. The fraction of sp³-hybridized carbons (Fsp3) is 0.800. The Labute approximate surface area is 78.5 Å². The molecule has 0 aromatic carbocycles. The SMILES string of the molecule is C[C@H]1OC(=O)C[C@H]1C(=O)C(C)(C)C. The minimum absolute atomic E-state index is 0.117. The summed E-state index contributed by atoms with van der Waals surface area (Å²) in [6.45, 7) is 7.37. The van der Waals surface area contributed by atoms with Crippen LogP contribution < -0.4 is 0 Å². The van der Waals surface area contributed by atoms with Crippen LogP contribution in [0.5, 0.6) is 0 Å². The number of Topliss-reactive ketones (excluding diaryl/α,β-unsaturated/α-hetero) is 1. The van der Waals surface area contributed by atoms with Crippen LogP contribution in [0.4, 0.5) is 0 Å². The summed E-state index contributed by atoms with van der Waals surface area (Å²) >= 11 is 0. The van der Waals surface area contributed by atoms with E-state index in [1.54, 1.807) is 6.92 Å². The van der Waals surface area contributed by atoms with Gasteiger partial charge in [-0.3, -0.25) is 9.59 Å². The number of rotatable bonds is 1. The van der Waals surface area contributed by atoms with Crippen LogP contribution >= 0.6 is 0 Å². The van der Waals surface area contributed by atoms with Crippen molar-refractivity contribution in [1.29, 1.82) is 0 Å². The number of esters is 1. The minimum atomic E-state index is -0.382. The number of ketones is 1. The molecule has 1 aliphatic rings. The molecule has 3 heteroatoms. The molecule has 0 aromatic heterocycles. The Hall–Kier alpha value is -0.860. The van der Waals surface area contributed by atoms with Crippen molar-refractivity contribution < 1.29 is 14.3 Å². The summed E-state index contributed by atoms with van der Waals surface area (Å²) in [4.78, 5) is 22.7. The first kappa shape index (κ1) is 10.2. The van der Waals surface area contributed by atoms with Crippen LogP contribution in [0.3, 0.4) is 0 Å². The number of ether oxygens (including phenoxy) is 1. The van der Waals surface area contributed by atoms with Crippen molar-refractivity contribution in [2.45, 2.75) is 40.2 Å². The fourth-order valence-electron chi connectivity index (χ4n) is 1.55. The van der Waals surface area contributed by atoms with Crippen LogP contribution in [0.25, 0.3) is 0 Å². The van der Waals surface area contributed by atoms with Crippen LogP contribution in [0.2, 0.25) is 0 Å². The summed E-state index contributed by atoms with van der Waals surface area (Å²) in [5, 5.41) is 0. The van der Waals surface area contributed by atoms with Crippen molar-refractivity contribution in [3.63, 3.8) is 0 Å². The van der Waals surface area contributed by atoms with Gasteiger partial charge in [-0.25, -0.2) is 0 Å². The topological polar surface area (TPSA) is 43.4 Å². The van der Waals surface area contributed by atoms with E-state index in [2.05, 4.69) is 0 Å². The average molecular weight is 184 g/mol. The maximum absolute atomic E-state index is 11.8. The lowest BCUT2D eigenvalue weighted by molar-refractivity contribution is -0.141. The predicted molar refractivity (Wildman–Crippen MR) is 48.1 cm³/mol. The van der Waals surface area contributed by atoms with Crippen LogP contribution in [-0.2, 0) is 14.3 Å². The summed E-state index contributed by atoms with van der Waals surface area (Å²) in [5.41, 5.74) is -0.382. The molecule has 0 unspecified atom stereocenters. The Balaban J connectivity index is 2.74. The van der Waals surface area contributed by atoms with Gasteiger partial charge in [-0.2, -0.15) is 0 Å². The second kappa shape index (κ2) is 3.13. The first-order valence-corrected chi connectivity index (χ1v) is 4.56. The summed E-state index contributed by atoms with van der Waals surface area (Å²) in [7, 11) is 0. The lowest BCUT2D eigenvalue weighted by Crippen LogP contribution is -2.32. The third kappa shape index (κ3) is 2.08. The largest absolute Gasteiger partial charge is 0.462 e. The lowest BCUT2D eigenvalue weighted by Gasteiger charge is -2.22. The highest BCUT2D eigenvalue weighted by Crippen LogP contribution is 2.30. The molecule has 13 heavy (non-hydrogen) atoms. The number of hydrogen-bond acceptors (Lipinski definition) is 3. The summed E-state index contributed by atoms with van der Waals surface area (Å²) in [5.74, 6) is -0.381. The molecule has 0 aromatic rings. The van der Waals surface area contributed by atoms with Crippen LogP contribution in [-0.4, -0.2) is 17.9 Å². The number of carbonyl (C=O) groups is 2. The van der Waals surface area contributed by atoms with Gasteiger partial charge in [-0.05, 0) is 6.92 Å². The van der Waals surface area contributed by atoms with Gasteiger partial charge in [0.15, 0.2) is 0 Å². The van der Waals surface area contributed by atoms with Crippen LogP contribution in [0.1, 0.15) is 34.1 Å². The van der Waals surface area contributed by atoms with Gasteiger partial charge in [0.2, 0.25) is 0 Å². The van der Waals surface area contributed by atoms with Crippen LogP contribution in [0, 0.1) is 11.3 Å². The zero-order chi connectivity index (χ0) is 10.2. The van der Waals surface area contributed by atoms with Gasteiger partial charge in [-0.1, -0.05) is 20.8 Å². The Kier molecular flexibility index (Phi) is 2.46. The molecular formula is C10H16O3. The van der Waals surface area contributed by atoms with E-state index < -0.39 is 0 Å². The first-order chi connectivity index (χ1) is 5.82. The monoisotopic (exact) mass is 184 g/mol. The molecule has 1 rings (SSSR count). The normalized spacial score (nSPS) is 28.8. The molecule has 1 heterocycles. The molecule has 0 N–H and O–H groups in total. The molecule has 0 aliphatic carbocycles. The van der Waals surface area contributed by atoms with E-state index in [1.807, 2.05) is 20.8 Å². The molecule has 1 aliphatic heterocycles. The Morgan fingerprint density at radius 2 is 2.00 bits per heavy atom. The molecule has 1 fully saturated rings. The summed E-state index contributed by atoms with van der Waals surface area (Å²) < 4.78 is 4.93. The third-order valence-electron chi connectivity index (χ3n) is 2.35. The fourth-order valence-corrected chi connectivity index (χ4v) is 1.55. The van der Waals surface area contributed by atoms with Gasteiger partial charge in [0.1, 0.15) is 11.9 Å². The van der Waals surface area contributed by atoms with Gasteiger partial charge in [-0.15, -0.1) is 0 Å². The van der Waals surface area contributed by atoms with Gasteiger partial charge < -0.3 is 4.74 Å². The van der Waals surface area contributed by atoms with Crippen molar-refractivity contribution in [1.82, 2.24) is 0 Å². The van der Waals surface area contributed by atoms with Crippen molar-refractivity contribution in [3.05, 3.63) is 0 Å². The van der Waals surface area contributed by atoms with Gasteiger partial charge in [0.25, 0.3) is 0 Å². The number of hydrogen-bond donors (Lipinski definition) is 0. The highest BCUT2D eigenvalue weighted by atomic mass is 16.5. The molecule has 0 amide bonds. The Morgan fingerprint density at radius 3 is 2.31 bits per heavy atom. The van der Waals surface area contributed by atoms with Gasteiger partial charge >= 0.3 is 5.97 Å². The average Bonchev–Trinajstić information content (AvgIpc) is 2.26. The maximum Gasteiger partial charge on any atom is 0.306 e. The van der Waals surface area contributed by atoms with E-state index in [1.165, 1.54) is 0 Å². The van der Waals surface area contributed by atoms with E-state index in [0.717, 1.165) is 0 Å². The van der Waals surface area contributed by atoms with E-state index >= 15 is 0 Å². The predicted octanol–water partition coefficient (Wildman–Crippen LogP) is 1.55. The molecule has 0 spiro atoms. The number of cyclic esters (lactones) is 1. The molecule has 0 saturated carbocycles. The Bertz CT molecular complexity index is 237. The van der Waals surface area contributed by atoms with Crippen molar-refractivity contribution in [3.8, 4) is 0 Å². The molecule has 2 atom stereocenters. The molecule has 0 bridgehead atoms. The summed E-state index contributed by atoms with van der Waals surface area (Å²) in [6.07, 6.45) is -0.00343. The van der Waals surface area contributed by atoms with E-state index in [0.29, 0.717) is 0 Å². The molecule has 0 radical (unpaired) electrons. The number of carbonyl (C=O) groups excluding carboxylic acids is 2. The maximum atomic E-state index is 11.8. The van der Waals surface area contributed by atoms with Crippen molar-refractivity contribution in [2.75, 3.05) is 0 Å². The molecule has 3 nitrogen and oxygen atoms in total. The second-order valence-corrected chi connectivity index (χ2v) is 4.62. The second-order valence-electron chi connectivity index (χ2n) is 4.62. The first-order valence-electron chi connectivity index (χ1n) is 4.56. The third-order valence-corrected chi connectivity index (χ3v) is 2.35. The Morgan fingerprint density at radius 1 is 1.46 bits per heavy atom. The highest BCUT2D eigenvalue weighted by molar-refractivity contribution is 5.91. The zero-order valence-electron chi connectivity index (χ0n) is 8.59. The van der Waals surface area contributed by atoms with Crippen molar-refractivity contribution in [2.24, 2.45) is 11.3 Å². The van der Waals surface area contributed by atoms with Gasteiger partial charge in [0, 0.05) is 5.41 Å². The van der Waals surface area contributed by atoms with Crippen molar-refractivity contribution >= 4 is 11.8 Å². The van der Waals surface area contributed by atoms with E-state index in [9.17, 15) is 9.59 Å². The quantitative estimate of drug-likeness (QED) is 0.581. The van der Waals surface area contributed by atoms with Gasteiger partial charge in [0.05, 0.1) is 12.3 Å².